The third kappa shape index (κ3) is 6.26. The summed E-state index contributed by atoms with van der Waals surface area (Å²) < 4.78 is 24.6. The van der Waals surface area contributed by atoms with E-state index in [-0.39, 0.29) is 17.5 Å². The lowest BCUT2D eigenvalue weighted by atomic mass is 10.1. The number of likely N-dealkylation sites (tertiary alicyclic amines) is 1. The van der Waals surface area contributed by atoms with E-state index in [1.165, 1.54) is 26.4 Å². The molecule has 0 bridgehead atoms. The molecule has 1 amide bonds. The molecule has 0 radical (unpaired) electrons. The molecule has 1 aliphatic rings. The van der Waals surface area contributed by atoms with Gasteiger partial charge in [0, 0.05) is 36.3 Å². The van der Waals surface area contributed by atoms with Gasteiger partial charge in [-0.15, -0.1) is 0 Å². The Morgan fingerprint density at radius 2 is 2.03 bits per heavy atom. The number of nitrogens with zero attached hydrogens (tertiary/aromatic N) is 2. The molecule has 0 spiro atoms. The number of phenolic OH excluding ortho intramolecular Hbond substituents is 1. The number of aromatic hydroxyl groups is 1. The van der Waals surface area contributed by atoms with Crippen LogP contribution in [0.1, 0.15) is 42.1 Å². The van der Waals surface area contributed by atoms with Crippen molar-refractivity contribution in [1.82, 2.24) is 9.80 Å². The van der Waals surface area contributed by atoms with Gasteiger partial charge in [0.1, 0.15) is 11.6 Å². The molecule has 1 aliphatic heterocycles. The van der Waals surface area contributed by atoms with Gasteiger partial charge in [-0.25, -0.2) is 4.39 Å². The van der Waals surface area contributed by atoms with Crippen LogP contribution >= 0.6 is 0 Å². The smallest absolute Gasteiger partial charge is 0.254 e. The maximum atomic E-state index is 14.4. The number of rotatable bonds is 9. The molecule has 3 rings (SSSR count). The van der Waals surface area contributed by atoms with Gasteiger partial charge in [-0.2, -0.15) is 0 Å². The van der Waals surface area contributed by atoms with E-state index in [1.54, 1.807) is 35.2 Å². The summed E-state index contributed by atoms with van der Waals surface area (Å²) in [6.07, 6.45) is 4.89. The number of hydrogen-bond donors (Lipinski definition) is 1. The summed E-state index contributed by atoms with van der Waals surface area (Å²) in [5.74, 6) is 0.137. The third-order valence-electron chi connectivity index (χ3n) is 6.17. The average Bonchev–Trinajstić information content (AvgIpc) is 3.22. The number of carbonyl (C=O) groups is 1. The molecule has 1 heterocycles. The minimum absolute atomic E-state index is 0.0774. The molecule has 1 fully saturated rings. The van der Waals surface area contributed by atoms with Crippen LogP contribution in [-0.2, 0) is 0 Å². The normalized spacial score (nSPS) is 16.6. The topological polar surface area (TPSA) is 62.2 Å². The first kappa shape index (κ1) is 24.6. The number of ether oxygens (including phenoxy) is 2. The van der Waals surface area contributed by atoms with E-state index in [4.69, 9.17) is 9.47 Å². The van der Waals surface area contributed by atoms with E-state index < -0.39 is 0 Å². The van der Waals surface area contributed by atoms with Crippen molar-refractivity contribution in [3.05, 3.63) is 58.9 Å². The molecule has 7 heteroatoms. The van der Waals surface area contributed by atoms with Crippen LogP contribution < -0.4 is 9.47 Å². The lowest BCUT2D eigenvalue weighted by molar-refractivity contribution is 0.0757. The van der Waals surface area contributed by atoms with E-state index in [9.17, 15) is 14.3 Å². The molecule has 178 valence electrons. The Bertz CT molecular complexity index is 1010. The van der Waals surface area contributed by atoms with Crippen molar-refractivity contribution in [3.8, 4) is 17.2 Å². The summed E-state index contributed by atoms with van der Waals surface area (Å²) >= 11 is 0. The Morgan fingerprint density at radius 1 is 1.24 bits per heavy atom. The fourth-order valence-corrected chi connectivity index (χ4v) is 4.27. The van der Waals surface area contributed by atoms with Gasteiger partial charge in [-0.1, -0.05) is 11.6 Å². The maximum Gasteiger partial charge on any atom is 0.254 e. The maximum absolute atomic E-state index is 14.4. The number of carbonyl (C=O) groups excluding carboxylic acids is 1. The van der Waals surface area contributed by atoms with Gasteiger partial charge in [0.25, 0.3) is 5.91 Å². The predicted molar refractivity (Wildman–Crippen MR) is 127 cm³/mol. The summed E-state index contributed by atoms with van der Waals surface area (Å²) in [4.78, 5) is 17.5. The summed E-state index contributed by atoms with van der Waals surface area (Å²) in [5.41, 5.74) is 1.68. The fraction of sp³-hybridized carbons (Fsp3) is 0.423. The van der Waals surface area contributed by atoms with Crippen LogP contribution in [0.15, 0.2) is 42.0 Å². The highest BCUT2D eigenvalue weighted by Gasteiger charge is 2.24. The standard InChI is InChI=1S/C26H33FN2O4/c1-18(14-19-7-9-22(32-3)16-23(19)27)17-29(13-11-21-6-5-12-28(21)2)26(31)20-8-10-25(33-4)24(30)15-20/h7-10,14-16,21,30H,5-6,11-13,17H2,1-4H3/b18-14+. The number of phenols is 1. The molecule has 1 atom stereocenters. The summed E-state index contributed by atoms with van der Waals surface area (Å²) in [6, 6.07) is 9.82. The van der Waals surface area contributed by atoms with Crippen LogP contribution in [0, 0.1) is 5.82 Å². The second-order valence-electron chi connectivity index (χ2n) is 8.56. The van der Waals surface area contributed by atoms with Crippen molar-refractivity contribution >= 4 is 12.0 Å². The van der Waals surface area contributed by atoms with E-state index in [0.717, 1.165) is 31.4 Å². The first-order chi connectivity index (χ1) is 15.8. The van der Waals surface area contributed by atoms with Crippen molar-refractivity contribution in [1.29, 1.82) is 0 Å². The van der Waals surface area contributed by atoms with Crippen LogP contribution in [0.25, 0.3) is 6.08 Å². The third-order valence-corrected chi connectivity index (χ3v) is 6.17. The zero-order valence-corrected chi connectivity index (χ0v) is 19.8. The Labute approximate surface area is 195 Å². The van der Waals surface area contributed by atoms with Crippen LogP contribution in [0.3, 0.4) is 0 Å². The largest absolute Gasteiger partial charge is 0.504 e. The van der Waals surface area contributed by atoms with Crippen molar-refractivity contribution in [2.24, 2.45) is 0 Å². The molecule has 6 nitrogen and oxygen atoms in total. The number of methoxy groups -OCH3 is 2. The van der Waals surface area contributed by atoms with Crippen LogP contribution in [-0.4, -0.2) is 67.8 Å². The fourth-order valence-electron chi connectivity index (χ4n) is 4.27. The molecular formula is C26H33FN2O4. The first-order valence-corrected chi connectivity index (χ1v) is 11.2. The van der Waals surface area contributed by atoms with E-state index in [2.05, 4.69) is 11.9 Å². The van der Waals surface area contributed by atoms with Gasteiger partial charge in [0.15, 0.2) is 11.5 Å². The van der Waals surface area contributed by atoms with Crippen molar-refractivity contribution in [3.63, 3.8) is 0 Å². The Balaban J connectivity index is 1.81. The highest BCUT2D eigenvalue weighted by molar-refractivity contribution is 5.95. The molecule has 0 aliphatic carbocycles. The van der Waals surface area contributed by atoms with Crippen molar-refractivity contribution in [2.75, 3.05) is 40.9 Å². The molecule has 0 saturated carbocycles. The SMILES string of the molecule is COc1ccc(/C=C(\C)CN(CCC2CCCN2C)C(=O)c2ccc(OC)c(O)c2)c(F)c1. The summed E-state index contributed by atoms with van der Waals surface area (Å²) in [6.45, 7) is 3.88. The Morgan fingerprint density at radius 3 is 2.64 bits per heavy atom. The van der Waals surface area contributed by atoms with Gasteiger partial charge >= 0.3 is 0 Å². The molecule has 33 heavy (non-hydrogen) atoms. The first-order valence-electron chi connectivity index (χ1n) is 11.2. The number of benzene rings is 2. The average molecular weight is 457 g/mol. The van der Waals surface area contributed by atoms with Crippen LogP contribution in [0.5, 0.6) is 17.2 Å². The van der Waals surface area contributed by atoms with E-state index >= 15 is 0 Å². The van der Waals surface area contributed by atoms with Gasteiger partial charge in [0.2, 0.25) is 0 Å². The summed E-state index contributed by atoms with van der Waals surface area (Å²) in [7, 11) is 5.08. The number of halogens is 1. The van der Waals surface area contributed by atoms with E-state index in [0.29, 0.717) is 41.8 Å². The van der Waals surface area contributed by atoms with Crippen molar-refractivity contribution < 1.29 is 23.8 Å². The van der Waals surface area contributed by atoms with Gasteiger partial charge < -0.3 is 24.4 Å². The van der Waals surface area contributed by atoms with Gasteiger partial charge in [-0.3, -0.25) is 4.79 Å². The Hall–Kier alpha value is -3.06. The zero-order chi connectivity index (χ0) is 24.0. The minimum Gasteiger partial charge on any atom is -0.504 e. The number of hydrogen-bond acceptors (Lipinski definition) is 5. The highest BCUT2D eigenvalue weighted by atomic mass is 19.1. The van der Waals surface area contributed by atoms with Gasteiger partial charge in [0.05, 0.1) is 14.2 Å². The Kier molecular flexibility index (Phi) is 8.33. The molecule has 2 aromatic carbocycles. The quantitative estimate of drug-likeness (QED) is 0.599. The molecule has 1 N–H and O–H groups in total. The monoisotopic (exact) mass is 456 g/mol. The summed E-state index contributed by atoms with van der Waals surface area (Å²) in [5, 5.41) is 10.1. The van der Waals surface area contributed by atoms with Gasteiger partial charge in [-0.05, 0) is 70.1 Å². The zero-order valence-electron chi connectivity index (χ0n) is 19.8. The second kappa shape index (κ2) is 11.2. The van der Waals surface area contributed by atoms with E-state index in [1.807, 2.05) is 6.92 Å². The molecule has 2 aromatic rings. The predicted octanol–water partition coefficient (Wildman–Crippen LogP) is 4.58. The molecule has 1 saturated heterocycles. The molecule has 1 unspecified atom stereocenters. The highest BCUT2D eigenvalue weighted by Crippen LogP contribution is 2.27. The van der Waals surface area contributed by atoms with Crippen LogP contribution in [0.4, 0.5) is 4.39 Å². The minimum atomic E-state index is -0.376. The second-order valence-corrected chi connectivity index (χ2v) is 8.56. The van der Waals surface area contributed by atoms with Crippen LogP contribution in [0.2, 0.25) is 0 Å². The van der Waals surface area contributed by atoms with Crippen molar-refractivity contribution in [2.45, 2.75) is 32.2 Å². The lowest BCUT2D eigenvalue weighted by Gasteiger charge is -2.27. The molecule has 0 aromatic heterocycles. The lowest BCUT2D eigenvalue weighted by Crippen LogP contribution is -2.37. The number of amides is 1. The molecular weight excluding hydrogens is 423 g/mol.